The first kappa shape index (κ1) is 15.2. The molecular weight excluding hydrogens is 302 g/mol. The van der Waals surface area contributed by atoms with Gasteiger partial charge in [-0.1, -0.05) is 30.3 Å². The minimum atomic E-state index is -3.62. The molecule has 1 aliphatic rings. The van der Waals surface area contributed by atoms with Gasteiger partial charge >= 0.3 is 0 Å². The summed E-state index contributed by atoms with van der Waals surface area (Å²) in [5, 5.41) is 6.76. The van der Waals surface area contributed by atoms with Crippen LogP contribution in [0.4, 0.5) is 0 Å². The molecule has 1 aromatic heterocycles. The molecule has 1 atom stereocenters. The lowest BCUT2D eigenvalue weighted by Gasteiger charge is -2.34. The Labute approximate surface area is 130 Å². The minimum Gasteiger partial charge on any atom is -0.378 e. The molecule has 0 spiro atoms. The summed E-state index contributed by atoms with van der Waals surface area (Å²) < 4.78 is 33.2. The van der Waals surface area contributed by atoms with E-state index in [1.165, 1.54) is 4.31 Å². The molecular formula is C15H19N3O3S. The number of hydrogen-bond donors (Lipinski definition) is 1. The third-order valence-corrected chi connectivity index (χ3v) is 6.06. The first-order chi connectivity index (χ1) is 10.5. The molecule has 1 unspecified atom stereocenters. The van der Waals surface area contributed by atoms with Crippen LogP contribution in [0.15, 0.2) is 35.2 Å². The van der Waals surface area contributed by atoms with E-state index in [1.54, 1.807) is 13.8 Å². The van der Waals surface area contributed by atoms with Gasteiger partial charge in [0.15, 0.2) is 0 Å². The Hall–Kier alpha value is -1.70. The number of hydrogen-bond acceptors (Lipinski definition) is 4. The van der Waals surface area contributed by atoms with Gasteiger partial charge < -0.3 is 4.74 Å². The van der Waals surface area contributed by atoms with E-state index in [4.69, 9.17) is 4.74 Å². The number of nitrogens with one attached hydrogen (secondary N) is 1. The molecule has 2 heterocycles. The third-order valence-electron chi connectivity index (χ3n) is 3.89. The second-order valence-electron chi connectivity index (χ2n) is 5.38. The lowest BCUT2D eigenvalue weighted by atomic mass is 10.1. The molecule has 1 aliphatic heterocycles. The van der Waals surface area contributed by atoms with Gasteiger partial charge in [0.05, 0.1) is 30.6 Å². The molecule has 0 amide bonds. The Balaban J connectivity index is 2.04. The van der Waals surface area contributed by atoms with Crippen LogP contribution in [0, 0.1) is 13.8 Å². The van der Waals surface area contributed by atoms with E-state index in [-0.39, 0.29) is 10.9 Å². The first-order valence-electron chi connectivity index (χ1n) is 7.18. The van der Waals surface area contributed by atoms with Gasteiger partial charge in [0.1, 0.15) is 4.90 Å². The number of rotatable bonds is 3. The molecule has 7 heteroatoms. The molecule has 1 N–H and O–H groups in total. The van der Waals surface area contributed by atoms with Gasteiger partial charge in [-0.3, -0.25) is 5.10 Å². The molecule has 3 rings (SSSR count). The second-order valence-corrected chi connectivity index (χ2v) is 7.21. The zero-order chi connectivity index (χ0) is 15.7. The molecule has 6 nitrogen and oxygen atoms in total. The number of H-pyrrole nitrogens is 1. The fourth-order valence-electron chi connectivity index (χ4n) is 2.85. The summed E-state index contributed by atoms with van der Waals surface area (Å²) in [6.07, 6.45) is 0. The van der Waals surface area contributed by atoms with E-state index in [9.17, 15) is 8.42 Å². The van der Waals surface area contributed by atoms with E-state index in [0.717, 1.165) is 5.56 Å². The topological polar surface area (TPSA) is 75.3 Å². The normalized spacial score (nSPS) is 20.2. The lowest BCUT2D eigenvalue weighted by molar-refractivity contribution is 0.0320. The smallest absolute Gasteiger partial charge is 0.247 e. The highest BCUT2D eigenvalue weighted by molar-refractivity contribution is 7.89. The standard InChI is InChI=1S/C15H19N3O3S/c1-11-15(12(2)17-16-11)22(19,20)18-8-9-21-10-14(18)13-6-4-3-5-7-13/h3-7,14H,8-10H2,1-2H3,(H,16,17). The number of aromatic nitrogens is 2. The third kappa shape index (κ3) is 2.55. The average molecular weight is 321 g/mol. The number of morpholine rings is 1. The van der Waals surface area contributed by atoms with Crippen molar-refractivity contribution in [3.8, 4) is 0 Å². The van der Waals surface area contributed by atoms with E-state index >= 15 is 0 Å². The highest BCUT2D eigenvalue weighted by atomic mass is 32.2. The van der Waals surface area contributed by atoms with Gasteiger partial charge in [0, 0.05) is 6.54 Å². The van der Waals surface area contributed by atoms with Crippen molar-refractivity contribution in [2.75, 3.05) is 19.8 Å². The predicted molar refractivity (Wildman–Crippen MR) is 82.0 cm³/mol. The van der Waals surface area contributed by atoms with Crippen molar-refractivity contribution in [2.24, 2.45) is 0 Å². The van der Waals surface area contributed by atoms with Crippen LogP contribution in [0.2, 0.25) is 0 Å². The van der Waals surface area contributed by atoms with E-state index in [0.29, 0.717) is 31.1 Å². The van der Waals surface area contributed by atoms with Gasteiger partial charge in [0.25, 0.3) is 0 Å². The summed E-state index contributed by atoms with van der Waals surface area (Å²) in [6.45, 7) is 4.53. The van der Waals surface area contributed by atoms with Crippen molar-refractivity contribution in [3.63, 3.8) is 0 Å². The number of aryl methyl sites for hydroxylation is 2. The Morgan fingerprint density at radius 1 is 1.27 bits per heavy atom. The zero-order valence-corrected chi connectivity index (χ0v) is 13.4. The Bertz CT molecular complexity index is 736. The molecule has 0 saturated carbocycles. The van der Waals surface area contributed by atoms with Crippen molar-refractivity contribution in [3.05, 3.63) is 47.3 Å². The number of ether oxygens (including phenoxy) is 1. The monoisotopic (exact) mass is 321 g/mol. The van der Waals surface area contributed by atoms with Crippen LogP contribution in [0.25, 0.3) is 0 Å². The highest BCUT2D eigenvalue weighted by Crippen LogP contribution is 2.31. The summed E-state index contributed by atoms with van der Waals surface area (Å²) in [5.41, 5.74) is 2.00. The zero-order valence-electron chi connectivity index (χ0n) is 12.6. The van der Waals surface area contributed by atoms with Crippen molar-refractivity contribution < 1.29 is 13.2 Å². The van der Waals surface area contributed by atoms with Crippen LogP contribution < -0.4 is 0 Å². The minimum absolute atomic E-state index is 0.273. The van der Waals surface area contributed by atoms with Crippen molar-refractivity contribution >= 4 is 10.0 Å². The number of nitrogens with zero attached hydrogens (tertiary/aromatic N) is 2. The Morgan fingerprint density at radius 2 is 2.00 bits per heavy atom. The Kier molecular flexibility index (Phi) is 4.03. The van der Waals surface area contributed by atoms with Crippen molar-refractivity contribution in [1.29, 1.82) is 0 Å². The van der Waals surface area contributed by atoms with Gasteiger partial charge in [-0.15, -0.1) is 0 Å². The van der Waals surface area contributed by atoms with Crippen molar-refractivity contribution in [2.45, 2.75) is 24.8 Å². The number of sulfonamides is 1. The molecule has 118 valence electrons. The maximum atomic E-state index is 13.1. The van der Waals surface area contributed by atoms with Crippen LogP contribution >= 0.6 is 0 Å². The fourth-order valence-corrected chi connectivity index (χ4v) is 4.77. The molecule has 0 radical (unpaired) electrons. The van der Waals surface area contributed by atoms with Crippen LogP contribution in [0.3, 0.4) is 0 Å². The molecule has 22 heavy (non-hydrogen) atoms. The van der Waals surface area contributed by atoms with E-state index in [1.807, 2.05) is 30.3 Å². The predicted octanol–water partition coefficient (Wildman–Crippen LogP) is 1.79. The van der Waals surface area contributed by atoms with Crippen molar-refractivity contribution in [1.82, 2.24) is 14.5 Å². The average Bonchev–Trinajstić information content (AvgIpc) is 2.88. The van der Waals surface area contributed by atoms with Crippen LogP contribution in [-0.4, -0.2) is 42.7 Å². The highest BCUT2D eigenvalue weighted by Gasteiger charge is 2.37. The molecule has 1 saturated heterocycles. The molecule has 0 aliphatic carbocycles. The van der Waals surface area contributed by atoms with E-state index < -0.39 is 10.0 Å². The van der Waals surface area contributed by atoms with Gasteiger partial charge in [-0.2, -0.15) is 9.40 Å². The van der Waals surface area contributed by atoms with Crippen LogP contribution in [-0.2, 0) is 14.8 Å². The summed E-state index contributed by atoms with van der Waals surface area (Å²) in [4.78, 5) is 0.273. The molecule has 1 aromatic carbocycles. The first-order valence-corrected chi connectivity index (χ1v) is 8.62. The van der Waals surface area contributed by atoms with Crippen LogP contribution in [0.1, 0.15) is 23.0 Å². The fraction of sp³-hybridized carbons (Fsp3) is 0.400. The SMILES string of the molecule is Cc1n[nH]c(C)c1S(=O)(=O)N1CCOCC1c1ccccc1. The Morgan fingerprint density at radius 3 is 2.64 bits per heavy atom. The summed E-state index contributed by atoms with van der Waals surface area (Å²) in [7, 11) is -3.62. The molecule has 0 bridgehead atoms. The maximum absolute atomic E-state index is 13.1. The summed E-state index contributed by atoms with van der Waals surface area (Å²) in [5.74, 6) is 0. The quantitative estimate of drug-likeness (QED) is 0.935. The van der Waals surface area contributed by atoms with E-state index in [2.05, 4.69) is 10.2 Å². The summed E-state index contributed by atoms with van der Waals surface area (Å²) in [6, 6.07) is 9.27. The summed E-state index contributed by atoms with van der Waals surface area (Å²) >= 11 is 0. The molecule has 1 fully saturated rings. The molecule has 2 aromatic rings. The van der Waals surface area contributed by atoms with Crippen LogP contribution in [0.5, 0.6) is 0 Å². The van der Waals surface area contributed by atoms with Gasteiger partial charge in [-0.25, -0.2) is 8.42 Å². The van der Waals surface area contributed by atoms with Gasteiger partial charge in [-0.05, 0) is 19.4 Å². The number of benzene rings is 1. The maximum Gasteiger partial charge on any atom is 0.247 e. The largest absolute Gasteiger partial charge is 0.378 e. The second kappa shape index (κ2) is 5.83. The number of aromatic amines is 1. The van der Waals surface area contributed by atoms with Gasteiger partial charge in [0.2, 0.25) is 10.0 Å². The lowest BCUT2D eigenvalue weighted by Crippen LogP contribution is -2.43.